The van der Waals surface area contributed by atoms with Gasteiger partial charge in [-0.2, -0.15) is 0 Å². The molecule has 0 heterocycles. The van der Waals surface area contributed by atoms with Gasteiger partial charge in [0, 0.05) is 17.1 Å². The molecule has 2 heteroatoms. The van der Waals surface area contributed by atoms with E-state index in [1.165, 1.54) is 42.1 Å². The molecule has 0 aliphatic heterocycles. The van der Waals surface area contributed by atoms with Crippen molar-refractivity contribution in [1.82, 2.24) is 5.32 Å². The fourth-order valence-corrected chi connectivity index (χ4v) is 2.63. The normalized spacial score (nSPS) is 17.9. The maximum absolute atomic E-state index is 3.65. The highest BCUT2D eigenvalue weighted by atomic mass is 79.9. The van der Waals surface area contributed by atoms with Crippen LogP contribution in [0.5, 0.6) is 0 Å². The Labute approximate surface area is 100 Å². The molecule has 1 aliphatic rings. The number of halogens is 1. The van der Waals surface area contributed by atoms with Gasteiger partial charge in [0.2, 0.25) is 0 Å². The van der Waals surface area contributed by atoms with Crippen molar-refractivity contribution in [2.45, 2.75) is 44.7 Å². The summed E-state index contributed by atoms with van der Waals surface area (Å²) in [5.41, 5.74) is 1.36. The molecule has 1 fully saturated rings. The average molecular weight is 268 g/mol. The van der Waals surface area contributed by atoms with E-state index in [0.29, 0.717) is 0 Å². The van der Waals surface area contributed by atoms with Crippen LogP contribution < -0.4 is 5.32 Å². The molecule has 0 atom stereocenters. The van der Waals surface area contributed by atoms with Crippen LogP contribution in [-0.2, 0) is 6.54 Å². The van der Waals surface area contributed by atoms with Gasteiger partial charge in [0.05, 0.1) is 0 Å². The standard InChI is InChI=1S/C13H18BrN/c14-13-9-5-4-6-11(13)10-15-12-7-2-1-3-8-12/h4-6,9,12,15H,1-3,7-8,10H2. The number of benzene rings is 1. The number of hydrogen-bond donors (Lipinski definition) is 1. The zero-order chi connectivity index (χ0) is 10.5. The molecule has 2 rings (SSSR count). The first kappa shape index (κ1) is 11.2. The number of nitrogens with one attached hydrogen (secondary N) is 1. The summed E-state index contributed by atoms with van der Waals surface area (Å²) in [6.07, 6.45) is 6.92. The van der Waals surface area contributed by atoms with Crippen molar-refractivity contribution >= 4 is 15.9 Å². The first-order valence-electron chi connectivity index (χ1n) is 5.83. The van der Waals surface area contributed by atoms with Crippen LogP contribution in [0.3, 0.4) is 0 Å². The Kier molecular flexibility index (Phi) is 4.21. The highest BCUT2D eigenvalue weighted by molar-refractivity contribution is 9.10. The summed E-state index contributed by atoms with van der Waals surface area (Å²) in [7, 11) is 0. The second-order valence-electron chi connectivity index (χ2n) is 4.31. The summed E-state index contributed by atoms with van der Waals surface area (Å²) >= 11 is 3.58. The molecule has 1 aliphatic carbocycles. The lowest BCUT2D eigenvalue weighted by molar-refractivity contribution is 0.372. The minimum absolute atomic E-state index is 0.742. The van der Waals surface area contributed by atoms with Crippen molar-refractivity contribution in [1.29, 1.82) is 0 Å². The number of hydrogen-bond acceptors (Lipinski definition) is 1. The zero-order valence-electron chi connectivity index (χ0n) is 9.01. The third kappa shape index (κ3) is 3.32. The maximum atomic E-state index is 3.65. The van der Waals surface area contributed by atoms with Crippen molar-refractivity contribution in [2.75, 3.05) is 0 Å². The second-order valence-corrected chi connectivity index (χ2v) is 5.16. The topological polar surface area (TPSA) is 12.0 Å². The van der Waals surface area contributed by atoms with Gasteiger partial charge in [-0.3, -0.25) is 0 Å². The van der Waals surface area contributed by atoms with Crippen LogP contribution in [0.25, 0.3) is 0 Å². The SMILES string of the molecule is Brc1ccccc1CNC1CCCCC1. The smallest absolute Gasteiger partial charge is 0.0220 e. The van der Waals surface area contributed by atoms with E-state index in [1.807, 2.05) is 0 Å². The fraction of sp³-hybridized carbons (Fsp3) is 0.538. The third-order valence-corrected chi connectivity index (χ3v) is 3.92. The molecular formula is C13H18BrN. The summed E-state index contributed by atoms with van der Waals surface area (Å²) in [6, 6.07) is 9.19. The predicted octanol–water partition coefficient (Wildman–Crippen LogP) is 3.87. The first-order valence-corrected chi connectivity index (χ1v) is 6.62. The predicted molar refractivity (Wildman–Crippen MR) is 67.9 cm³/mol. The lowest BCUT2D eigenvalue weighted by Crippen LogP contribution is -2.30. The first-order chi connectivity index (χ1) is 7.36. The van der Waals surface area contributed by atoms with Gasteiger partial charge < -0.3 is 5.32 Å². The van der Waals surface area contributed by atoms with Crippen molar-refractivity contribution in [3.63, 3.8) is 0 Å². The van der Waals surface area contributed by atoms with Crippen LogP contribution in [0.1, 0.15) is 37.7 Å². The van der Waals surface area contributed by atoms with Gasteiger partial charge in [0.1, 0.15) is 0 Å². The maximum Gasteiger partial charge on any atom is 0.0220 e. The largest absolute Gasteiger partial charge is 0.310 e. The molecule has 0 unspecified atom stereocenters. The molecule has 1 aromatic carbocycles. The highest BCUT2D eigenvalue weighted by Gasteiger charge is 2.12. The number of rotatable bonds is 3. The molecule has 1 saturated carbocycles. The molecule has 0 aromatic heterocycles. The Hall–Kier alpha value is -0.340. The van der Waals surface area contributed by atoms with Gasteiger partial charge in [-0.25, -0.2) is 0 Å². The van der Waals surface area contributed by atoms with E-state index in [4.69, 9.17) is 0 Å². The molecule has 0 bridgehead atoms. The summed E-state index contributed by atoms with van der Waals surface area (Å²) in [4.78, 5) is 0. The second kappa shape index (κ2) is 5.66. The third-order valence-electron chi connectivity index (χ3n) is 3.14. The van der Waals surface area contributed by atoms with Crippen molar-refractivity contribution in [3.8, 4) is 0 Å². The summed E-state index contributed by atoms with van der Waals surface area (Å²) in [6.45, 7) is 0.992. The van der Waals surface area contributed by atoms with Crippen LogP contribution in [0.2, 0.25) is 0 Å². The molecular weight excluding hydrogens is 250 g/mol. The van der Waals surface area contributed by atoms with E-state index in [9.17, 15) is 0 Å². The monoisotopic (exact) mass is 267 g/mol. The average Bonchev–Trinajstić information content (AvgIpc) is 2.29. The molecule has 15 heavy (non-hydrogen) atoms. The highest BCUT2D eigenvalue weighted by Crippen LogP contribution is 2.19. The molecule has 0 amide bonds. The van der Waals surface area contributed by atoms with E-state index >= 15 is 0 Å². The summed E-state index contributed by atoms with van der Waals surface area (Å²) in [5, 5.41) is 3.65. The lowest BCUT2D eigenvalue weighted by Gasteiger charge is -2.23. The van der Waals surface area contributed by atoms with Gasteiger partial charge in [-0.05, 0) is 24.5 Å². The Bertz CT molecular complexity index is 305. The van der Waals surface area contributed by atoms with E-state index < -0.39 is 0 Å². The van der Waals surface area contributed by atoms with Crippen LogP contribution >= 0.6 is 15.9 Å². The van der Waals surface area contributed by atoms with Crippen molar-refractivity contribution in [2.24, 2.45) is 0 Å². The van der Waals surface area contributed by atoms with Gasteiger partial charge in [-0.1, -0.05) is 53.4 Å². The molecule has 0 radical (unpaired) electrons. The van der Waals surface area contributed by atoms with Gasteiger partial charge >= 0.3 is 0 Å². The molecule has 82 valence electrons. The minimum Gasteiger partial charge on any atom is -0.310 e. The van der Waals surface area contributed by atoms with E-state index in [1.54, 1.807) is 0 Å². The Morgan fingerprint density at radius 1 is 1.13 bits per heavy atom. The Morgan fingerprint density at radius 2 is 1.87 bits per heavy atom. The molecule has 1 aromatic rings. The van der Waals surface area contributed by atoms with Crippen LogP contribution in [-0.4, -0.2) is 6.04 Å². The summed E-state index contributed by atoms with van der Waals surface area (Å²) in [5.74, 6) is 0. The van der Waals surface area contributed by atoms with Crippen LogP contribution in [0, 0.1) is 0 Å². The van der Waals surface area contributed by atoms with Crippen molar-refractivity contribution in [3.05, 3.63) is 34.3 Å². The van der Waals surface area contributed by atoms with Gasteiger partial charge in [0.25, 0.3) is 0 Å². The van der Waals surface area contributed by atoms with E-state index in [2.05, 4.69) is 45.5 Å². The Balaban J connectivity index is 1.84. The molecule has 0 spiro atoms. The quantitative estimate of drug-likeness (QED) is 0.877. The van der Waals surface area contributed by atoms with Crippen LogP contribution in [0.15, 0.2) is 28.7 Å². The zero-order valence-corrected chi connectivity index (χ0v) is 10.6. The van der Waals surface area contributed by atoms with Gasteiger partial charge in [0.15, 0.2) is 0 Å². The van der Waals surface area contributed by atoms with Crippen molar-refractivity contribution < 1.29 is 0 Å². The van der Waals surface area contributed by atoms with Crippen LogP contribution in [0.4, 0.5) is 0 Å². The van der Waals surface area contributed by atoms with E-state index in [-0.39, 0.29) is 0 Å². The summed E-state index contributed by atoms with van der Waals surface area (Å²) < 4.78 is 1.22. The fourth-order valence-electron chi connectivity index (χ4n) is 2.20. The molecule has 1 nitrogen and oxygen atoms in total. The Morgan fingerprint density at radius 3 is 2.60 bits per heavy atom. The minimum atomic E-state index is 0.742. The molecule has 1 N–H and O–H groups in total. The molecule has 0 saturated heterocycles. The van der Waals surface area contributed by atoms with Gasteiger partial charge in [-0.15, -0.1) is 0 Å². The van der Waals surface area contributed by atoms with E-state index in [0.717, 1.165) is 12.6 Å². The lowest BCUT2D eigenvalue weighted by atomic mass is 9.95.